The summed E-state index contributed by atoms with van der Waals surface area (Å²) >= 11 is 5.70. The Bertz CT molecular complexity index is 225. The van der Waals surface area contributed by atoms with E-state index in [1.54, 1.807) is 0 Å². The molecule has 0 amide bonds. The summed E-state index contributed by atoms with van der Waals surface area (Å²) < 4.78 is 0. The molecule has 0 aliphatic carbocycles. The average Bonchev–Trinajstić information content (AvgIpc) is 2.07. The Morgan fingerprint density at radius 3 is 2.33 bits per heavy atom. The van der Waals surface area contributed by atoms with Crippen molar-refractivity contribution in [3.63, 3.8) is 0 Å². The minimum atomic E-state index is -0.530. The molecule has 2 atom stereocenters. The van der Waals surface area contributed by atoms with E-state index in [4.69, 9.17) is 22.4 Å². The summed E-state index contributed by atoms with van der Waals surface area (Å²) in [6.45, 7) is -0.0192. The van der Waals surface area contributed by atoms with Crippen LogP contribution in [0.3, 0.4) is 0 Å². The first kappa shape index (κ1) is 9.52. The normalized spacial score (nSPS) is 15.6. The van der Waals surface area contributed by atoms with Crippen LogP contribution in [0.1, 0.15) is 11.5 Å². The number of benzene rings is 1. The molecule has 0 aliphatic rings. The Kier molecular flexibility index (Phi) is 3.53. The number of aliphatic hydroxyl groups excluding tert-OH is 1. The van der Waals surface area contributed by atoms with Gasteiger partial charge < -0.3 is 10.8 Å². The van der Waals surface area contributed by atoms with E-state index in [2.05, 4.69) is 0 Å². The molecule has 2 nitrogen and oxygen atoms in total. The SMILES string of the molecule is NC(Cl)C(CO)c1ccccc1. The molecule has 3 heteroatoms. The Morgan fingerprint density at radius 1 is 1.33 bits per heavy atom. The Balaban J connectivity index is 2.80. The Hall–Kier alpha value is -0.570. The number of alkyl halides is 1. The van der Waals surface area contributed by atoms with E-state index in [0.717, 1.165) is 5.56 Å². The quantitative estimate of drug-likeness (QED) is 0.551. The minimum Gasteiger partial charge on any atom is -0.396 e. The molecule has 1 rings (SSSR count). The maximum absolute atomic E-state index is 8.99. The molecule has 0 fully saturated rings. The lowest BCUT2D eigenvalue weighted by molar-refractivity contribution is 0.262. The van der Waals surface area contributed by atoms with Gasteiger partial charge in [-0.05, 0) is 5.56 Å². The van der Waals surface area contributed by atoms with E-state index in [0.29, 0.717) is 0 Å². The zero-order chi connectivity index (χ0) is 8.97. The Labute approximate surface area is 77.0 Å². The molecule has 0 radical (unpaired) electrons. The number of aliphatic hydroxyl groups is 1. The lowest BCUT2D eigenvalue weighted by atomic mass is 10.0. The third-order valence-corrected chi connectivity index (χ3v) is 2.11. The van der Waals surface area contributed by atoms with Crippen LogP contribution in [-0.2, 0) is 0 Å². The second-order valence-electron chi connectivity index (χ2n) is 2.64. The summed E-state index contributed by atoms with van der Waals surface area (Å²) in [6, 6.07) is 9.53. The molecule has 0 saturated carbocycles. The van der Waals surface area contributed by atoms with Crippen LogP contribution in [-0.4, -0.2) is 17.2 Å². The number of rotatable bonds is 3. The number of hydrogen-bond acceptors (Lipinski definition) is 2. The van der Waals surface area contributed by atoms with Gasteiger partial charge in [0.25, 0.3) is 0 Å². The third kappa shape index (κ3) is 2.21. The first-order valence-electron chi connectivity index (χ1n) is 3.81. The molecule has 2 unspecified atom stereocenters. The molecular formula is C9H12ClNO. The molecule has 1 aromatic carbocycles. The zero-order valence-electron chi connectivity index (χ0n) is 6.65. The fourth-order valence-electron chi connectivity index (χ4n) is 1.09. The highest BCUT2D eigenvalue weighted by Gasteiger charge is 2.15. The summed E-state index contributed by atoms with van der Waals surface area (Å²) in [5, 5.41) is 8.99. The molecule has 0 aliphatic heterocycles. The summed E-state index contributed by atoms with van der Waals surface area (Å²) in [6.07, 6.45) is 0. The first-order valence-corrected chi connectivity index (χ1v) is 4.25. The largest absolute Gasteiger partial charge is 0.396 e. The van der Waals surface area contributed by atoms with Gasteiger partial charge in [-0.2, -0.15) is 0 Å². The molecule has 0 spiro atoms. The van der Waals surface area contributed by atoms with Gasteiger partial charge in [0.1, 0.15) is 0 Å². The summed E-state index contributed by atoms with van der Waals surface area (Å²) in [7, 11) is 0. The van der Waals surface area contributed by atoms with E-state index in [1.807, 2.05) is 30.3 Å². The van der Waals surface area contributed by atoms with Crippen molar-refractivity contribution in [3.05, 3.63) is 35.9 Å². The lowest BCUT2D eigenvalue weighted by Crippen LogP contribution is -2.24. The van der Waals surface area contributed by atoms with Crippen LogP contribution in [0.25, 0.3) is 0 Å². The van der Waals surface area contributed by atoms with Crippen molar-refractivity contribution in [1.82, 2.24) is 0 Å². The molecule has 3 N–H and O–H groups in total. The van der Waals surface area contributed by atoms with Gasteiger partial charge in [0, 0.05) is 5.92 Å². The van der Waals surface area contributed by atoms with E-state index < -0.39 is 5.50 Å². The lowest BCUT2D eigenvalue weighted by Gasteiger charge is -2.16. The van der Waals surface area contributed by atoms with E-state index in [9.17, 15) is 0 Å². The zero-order valence-corrected chi connectivity index (χ0v) is 7.41. The van der Waals surface area contributed by atoms with Gasteiger partial charge >= 0.3 is 0 Å². The summed E-state index contributed by atoms with van der Waals surface area (Å²) in [5.41, 5.74) is 5.93. The molecular weight excluding hydrogens is 174 g/mol. The van der Waals surface area contributed by atoms with Gasteiger partial charge in [-0.15, -0.1) is 11.6 Å². The number of halogens is 1. The van der Waals surface area contributed by atoms with Crippen molar-refractivity contribution in [2.45, 2.75) is 11.4 Å². The summed E-state index contributed by atoms with van der Waals surface area (Å²) in [5.74, 6) is -0.173. The van der Waals surface area contributed by atoms with E-state index >= 15 is 0 Å². The van der Waals surface area contributed by atoms with Crippen molar-refractivity contribution in [1.29, 1.82) is 0 Å². The smallest absolute Gasteiger partial charge is 0.0892 e. The molecule has 0 bridgehead atoms. The topological polar surface area (TPSA) is 46.2 Å². The highest BCUT2D eigenvalue weighted by Crippen LogP contribution is 2.19. The van der Waals surface area contributed by atoms with Crippen LogP contribution < -0.4 is 5.73 Å². The van der Waals surface area contributed by atoms with Gasteiger partial charge in [0.2, 0.25) is 0 Å². The van der Waals surface area contributed by atoms with Crippen LogP contribution >= 0.6 is 11.6 Å². The standard InChI is InChI=1S/C9H12ClNO/c10-9(11)8(6-12)7-4-2-1-3-5-7/h1-5,8-9,12H,6,11H2. The van der Waals surface area contributed by atoms with Crippen LogP contribution in [0.2, 0.25) is 0 Å². The first-order chi connectivity index (χ1) is 5.75. The Morgan fingerprint density at radius 2 is 1.92 bits per heavy atom. The third-order valence-electron chi connectivity index (χ3n) is 1.81. The predicted octanol–water partition coefficient (Wildman–Crippen LogP) is 1.29. The van der Waals surface area contributed by atoms with Crippen molar-refractivity contribution >= 4 is 11.6 Å². The second kappa shape index (κ2) is 4.45. The van der Waals surface area contributed by atoms with Crippen molar-refractivity contribution in [2.75, 3.05) is 6.61 Å². The molecule has 12 heavy (non-hydrogen) atoms. The second-order valence-corrected chi connectivity index (χ2v) is 3.15. The number of nitrogens with two attached hydrogens (primary N) is 1. The van der Waals surface area contributed by atoms with Crippen molar-refractivity contribution in [2.24, 2.45) is 5.73 Å². The number of hydrogen-bond donors (Lipinski definition) is 2. The molecule has 66 valence electrons. The summed E-state index contributed by atoms with van der Waals surface area (Å²) in [4.78, 5) is 0. The van der Waals surface area contributed by atoms with Crippen LogP contribution in [0, 0.1) is 0 Å². The molecule has 0 heterocycles. The molecule has 0 aromatic heterocycles. The van der Waals surface area contributed by atoms with Gasteiger partial charge in [0.15, 0.2) is 0 Å². The van der Waals surface area contributed by atoms with Gasteiger partial charge in [-0.3, -0.25) is 0 Å². The predicted molar refractivity (Wildman–Crippen MR) is 50.1 cm³/mol. The van der Waals surface area contributed by atoms with E-state index in [1.165, 1.54) is 0 Å². The highest BCUT2D eigenvalue weighted by atomic mass is 35.5. The van der Waals surface area contributed by atoms with Gasteiger partial charge in [-0.1, -0.05) is 30.3 Å². The highest BCUT2D eigenvalue weighted by molar-refractivity contribution is 6.20. The average molecular weight is 186 g/mol. The van der Waals surface area contributed by atoms with Crippen molar-refractivity contribution < 1.29 is 5.11 Å². The molecule has 1 aromatic rings. The van der Waals surface area contributed by atoms with Gasteiger partial charge in [0.05, 0.1) is 12.1 Å². The van der Waals surface area contributed by atoms with Crippen LogP contribution in [0.5, 0.6) is 0 Å². The van der Waals surface area contributed by atoms with Gasteiger partial charge in [-0.25, -0.2) is 0 Å². The molecule has 0 saturated heterocycles. The minimum absolute atomic E-state index is 0.0192. The monoisotopic (exact) mass is 185 g/mol. The fraction of sp³-hybridized carbons (Fsp3) is 0.333. The van der Waals surface area contributed by atoms with Crippen molar-refractivity contribution in [3.8, 4) is 0 Å². The fourth-order valence-corrected chi connectivity index (χ4v) is 1.32. The van der Waals surface area contributed by atoms with E-state index in [-0.39, 0.29) is 12.5 Å². The maximum Gasteiger partial charge on any atom is 0.0892 e. The van der Waals surface area contributed by atoms with Crippen LogP contribution in [0.4, 0.5) is 0 Å². The van der Waals surface area contributed by atoms with Crippen LogP contribution in [0.15, 0.2) is 30.3 Å². The maximum atomic E-state index is 8.99.